The molecule has 1 heterocycles. The second-order valence-corrected chi connectivity index (χ2v) is 8.40. The van der Waals surface area contributed by atoms with Gasteiger partial charge in [0.25, 0.3) is 0 Å². The van der Waals surface area contributed by atoms with Crippen LogP contribution in [0, 0.1) is 0 Å². The average Bonchev–Trinajstić information content (AvgIpc) is 3.16. The van der Waals surface area contributed by atoms with Gasteiger partial charge in [0.2, 0.25) is 5.88 Å². The van der Waals surface area contributed by atoms with Gasteiger partial charge >= 0.3 is 0 Å². The molecule has 184 valence electrons. The van der Waals surface area contributed by atoms with Crippen molar-refractivity contribution in [2.75, 3.05) is 33.9 Å². The van der Waals surface area contributed by atoms with Gasteiger partial charge < -0.3 is 19.3 Å². The van der Waals surface area contributed by atoms with E-state index < -0.39 is 6.10 Å². The fourth-order valence-corrected chi connectivity index (χ4v) is 3.97. The molecular weight excluding hydrogens is 430 g/mol. The molecular formula is C27H37N3O4. The first kappa shape index (κ1) is 25.7. The highest BCUT2D eigenvalue weighted by atomic mass is 16.5. The Morgan fingerprint density at radius 2 is 1.74 bits per heavy atom. The summed E-state index contributed by atoms with van der Waals surface area (Å²) < 4.78 is 19.0. The summed E-state index contributed by atoms with van der Waals surface area (Å²) in [6.07, 6.45) is 2.45. The van der Waals surface area contributed by atoms with E-state index in [1.807, 2.05) is 61.6 Å². The predicted molar refractivity (Wildman–Crippen MR) is 134 cm³/mol. The number of ether oxygens (including phenoxy) is 3. The van der Waals surface area contributed by atoms with Gasteiger partial charge in [-0.1, -0.05) is 62.2 Å². The lowest BCUT2D eigenvalue weighted by molar-refractivity contribution is 0.0788. The number of nitrogens with zero attached hydrogens (tertiary/aromatic N) is 3. The fourth-order valence-electron chi connectivity index (χ4n) is 3.97. The van der Waals surface area contributed by atoms with Crippen molar-refractivity contribution in [2.45, 2.75) is 38.8 Å². The summed E-state index contributed by atoms with van der Waals surface area (Å²) in [7, 11) is 5.21. The smallest absolute Gasteiger partial charge is 0.222 e. The molecule has 0 bridgehead atoms. The molecule has 0 fully saturated rings. The van der Waals surface area contributed by atoms with E-state index >= 15 is 0 Å². The maximum atomic E-state index is 10.6. The third kappa shape index (κ3) is 6.82. The summed E-state index contributed by atoms with van der Waals surface area (Å²) in [5, 5.41) is 15.5. The Balaban J connectivity index is 1.99. The quantitative estimate of drug-likeness (QED) is 0.364. The van der Waals surface area contributed by atoms with Gasteiger partial charge in [-0.2, -0.15) is 5.10 Å². The van der Waals surface area contributed by atoms with Crippen LogP contribution in [0.5, 0.6) is 17.4 Å². The molecule has 3 aromatic rings. The molecule has 1 aromatic heterocycles. The molecule has 1 atom stereocenters. The van der Waals surface area contributed by atoms with Crippen LogP contribution >= 0.6 is 0 Å². The Bertz CT molecular complexity index is 1010. The largest absolute Gasteiger partial charge is 0.493 e. The number of aliphatic hydroxyl groups is 1. The third-order valence-corrected chi connectivity index (χ3v) is 5.76. The van der Waals surface area contributed by atoms with Crippen LogP contribution in [0.25, 0.3) is 11.3 Å². The maximum absolute atomic E-state index is 10.6. The Labute approximate surface area is 202 Å². The van der Waals surface area contributed by atoms with Crippen molar-refractivity contribution in [1.82, 2.24) is 14.7 Å². The number of hydrogen-bond acceptors (Lipinski definition) is 6. The van der Waals surface area contributed by atoms with Crippen LogP contribution in [0.4, 0.5) is 0 Å². The molecule has 0 amide bonds. The van der Waals surface area contributed by atoms with Crippen molar-refractivity contribution >= 4 is 0 Å². The zero-order chi connectivity index (χ0) is 24.3. The standard InChI is InChI=1S/C27H37N3O4/c1-5-6-14-22(31)19-30(17-18-32-3)20-23-26(21-12-8-7-9-13-21)28-29(2)27(23)34-25-16-11-10-15-24(25)33-4/h7-13,15-16,22,31H,5-6,14,17-20H2,1-4H3/t22-/m0/s1. The lowest BCUT2D eigenvalue weighted by atomic mass is 10.1. The second kappa shape index (κ2) is 13.1. The Hall–Kier alpha value is -2.87. The van der Waals surface area contributed by atoms with Gasteiger partial charge in [0.15, 0.2) is 11.5 Å². The van der Waals surface area contributed by atoms with Crippen molar-refractivity contribution in [3.63, 3.8) is 0 Å². The van der Waals surface area contributed by atoms with Crippen molar-refractivity contribution in [3.05, 3.63) is 60.2 Å². The Morgan fingerprint density at radius 3 is 2.41 bits per heavy atom. The first-order valence-electron chi connectivity index (χ1n) is 11.9. The zero-order valence-corrected chi connectivity index (χ0v) is 20.7. The van der Waals surface area contributed by atoms with Crippen molar-refractivity contribution < 1.29 is 19.3 Å². The van der Waals surface area contributed by atoms with Crippen LogP contribution in [0.3, 0.4) is 0 Å². The van der Waals surface area contributed by atoms with E-state index in [0.29, 0.717) is 43.6 Å². The van der Waals surface area contributed by atoms with E-state index in [1.165, 1.54) is 0 Å². The van der Waals surface area contributed by atoms with Gasteiger partial charge in [-0.15, -0.1) is 0 Å². The van der Waals surface area contributed by atoms with E-state index in [9.17, 15) is 5.11 Å². The summed E-state index contributed by atoms with van der Waals surface area (Å²) in [5.74, 6) is 1.93. The van der Waals surface area contributed by atoms with Crippen LogP contribution < -0.4 is 9.47 Å². The number of benzene rings is 2. The lowest BCUT2D eigenvalue weighted by Crippen LogP contribution is -2.34. The highest BCUT2D eigenvalue weighted by Gasteiger charge is 2.24. The molecule has 0 unspecified atom stereocenters. The normalized spacial score (nSPS) is 12.2. The van der Waals surface area contributed by atoms with Crippen molar-refractivity contribution in [3.8, 4) is 28.6 Å². The Kier molecular flexibility index (Phi) is 9.94. The molecule has 0 radical (unpaired) electrons. The lowest BCUT2D eigenvalue weighted by Gasteiger charge is -2.25. The number of para-hydroxylation sites is 2. The predicted octanol–water partition coefficient (Wildman–Crippen LogP) is 4.89. The van der Waals surface area contributed by atoms with Gasteiger partial charge in [-0.3, -0.25) is 4.90 Å². The van der Waals surface area contributed by atoms with E-state index in [4.69, 9.17) is 19.3 Å². The number of rotatable bonds is 14. The summed E-state index contributed by atoms with van der Waals surface area (Å²) >= 11 is 0. The van der Waals surface area contributed by atoms with Gasteiger partial charge in [0.1, 0.15) is 5.69 Å². The summed E-state index contributed by atoms with van der Waals surface area (Å²) in [6.45, 7) is 4.52. The molecule has 0 spiro atoms. The van der Waals surface area contributed by atoms with Crippen molar-refractivity contribution in [1.29, 1.82) is 0 Å². The molecule has 0 aliphatic rings. The van der Waals surface area contributed by atoms with E-state index in [0.717, 1.165) is 36.1 Å². The summed E-state index contributed by atoms with van der Waals surface area (Å²) in [6, 6.07) is 17.7. The number of aromatic nitrogens is 2. The molecule has 7 nitrogen and oxygen atoms in total. The van der Waals surface area contributed by atoms with Crippen LogP contribution in [0.15, 0.2) is 54.6 Å². The highest BCUT2D eigenvalue weighted by Crippen LogP contribution is 2.37. The molecule has 0 aliphatic heterocycles. The second-order valence-electron chi connectivity index (χ2n) is 8.40. The molecule has 3 rings (SSSR count). The molecule has 1 N–H and O–H groups in total. The number of unbranched alkanes of at least 4 members (excludes halogenated alkanes) is 1. The molecule has 2 aromatic carbocycles. The van der Waals surface area contributed by atoms with Gasteiger partial charge in [0.05, 0.1) is 25.4 Å². The van der Waals surface area contributed by atoms with E-state index in [1.54, 1.807) is 18.9 Å². The number of hydrogen-bond donors (Lipinski definition) is 1. The first-order chi connectivity index (χ1) is 16.6. The van der Waals surface area contributed by atoms with Crippen LogP contribution in [-0.2, 0) is 18.3 Å². The third-order valence-electron chi connectivity index (χ3n) is 5.76. The highest BCUT2D eigenvalue weighted by molar-refractivity contribution is 5.65. The summed E-state index contributed by atoms with van der Waals surface area (Å²) in [5.41, 5.74) is 2.83. The van der Waals surface area contributed by atoms with Crippen molar-refractivity contribution in [2.24, 2.45) is 7.05 Å². The molecule has 0 aliphatic carbocycles. The van der Waals surface area contributed by atoms with Crippen LogP contribution in [-0.4, -0.2) is 59.8 Å². The van der Waals surface area contributed by atoms with Gasteiger partial charge in [-0.05, 0) is 18.6 Å². The monoisotopic (exact) mass is 467 g/mol. The average molecular weight is 468 g/mol. The molecule has 7 heteroatoms. The number of methoxy groups -OCH3 is 2. The summed E-state index contributed by atoms with van der Waals surface area (Å²) in [4.78, 5) is 2.21. The van der Waals surface area contributed by atoms with E-state index in [-0.39, 0.29) is 0 Å². The minimum absolute atomic E-state index is 0.396. The maximum Gasteiger partial charge on any atom is 0.222 e. The minimum atomic E-state index is -0.396. The SMILES string of the molecule is CCCC[C@H](O)CN(CCOC)Cc1c(-c2ccccc2)nn(C)c1Oc1ccccc1OC. The first-order valence-corrected chi connectivity index (χ1v) is 11.9. The number of aliphatic hydroxyl groups excluding tert-OH is 1. The molecule has 34 heavy (non-hydrogen) atoms. The van der Waals surface area contributed by atoms with Gasteiger partial charge in [0, 0.05) is 39.4 Å². The molecule has 0 saturated heterocycles. The number of aryl methyl sites for hydroxylation is 1. The van der Waals surface area contributed by atoms with Crippen LogP contribution in [0.1, 0.15) is 31.7 Å². The topological polar surface area (TPSA) is 69.0 Å². The zero-order valence-electron chi connectivity index (χ0n) is 20.7. The van der Waals surface area contributed by atoms with Gasteiger partial charge in [-0.25, -0.2) is 4.68 Å². The fraction of sp³-hybridized carbons (Fsp3) is 0.444. The minimum Gasteiger partial charge on any atom is -0.493 e. The molecule has 0 saturated carbocycles. The van der Waals surface area contributed by atoms with E-state index in [2.05, 4.69) is 11.8 Å². The van der Waals surface area contributed by atoms with Crippen LogP contribution in [0.2, 0.25) is 0 Å². The Morgan fingerprint density at radius 1 is 1.03 bits per heavy atom.